The molecule has 0 spiro atoms. The van der Waals surface area contributed by atoms with Crippen LogP contribution in [0.4, 0.5) is 5.69 Å². The number of anilines is 1. The van der Waals surface area contributed by atoms with E-state index in [1.807, 2.05) is 66.5 Å². The summed E-state index contributed by atoms with van der Waals surface area (Å²) in [7, 11) is 1.83. The molecule has 0 aliphatic carbocycles. The highest BCUT2D eigenvalue weighted by atomic mass is 35.5. The van der Waals surface area contributed by atoms with Crippen LogP contribution in [0.25, 0.3) is 0 Å². The first-order valence-corrected chi connectivity index (χ1v) is 10.0. The maximum absolute atomic E-state index is 12.6. The van der Waals surface area contributed by atoms with Crippen LogP contribution in [0.15, 0.2) is 54.6 Å². The molecule has 1 fully saturated rings. The number of para-hydroxylation sites is 1. The number of halogens is 1. The average Bonchev–Trinajstić information content (AvgIpc) is 3.05. The smallest absolute Gasteiger partial charge is 0.254 e. The molecular formula is C23H28ClN3O2. The topological polar surface area (TPSA) is 43.9 Å². The fourth-order valence-electron chi connectivity index (χ4n) is 4.19. The molecule has 4 rings (SSSR count). The lowest BCUT2D eigenvalue weighted by molar-refractivity contribution is -0.119. The number of hydrogen-bond donors (Lipinski definition) is 0. The molecule has 2 aromatic carbocycles. The second kappa shape index (κ2) is 9.42. The van der Waals surface area contributed by atoms with E-state index >= 15 is 0 Å². The average molecular weight is 414 g/mol. The van der Waals surface area contributed by atoms with Crippen molar-refractivity contribution in [2.45, 2.75) is 19.4 Å². The van der Waals surface area contributed by atoms with Crippen molar-refractivity contribution in [1.82, 2.24) is 9.80 Å². The van der Waals surface area contributed by atoms with Gasteiger partial charge in [0.1, 0.15) is 0 Å². The molecule has 0 atom stereocenters. The van der Waals surface area contributed by atoms with E-state index in [9.17, 15) is 9.59 Å². The van der Waals surface area contributed by atoms with E-state index in [1.165, 1.54) is 0 Å². The summed E-state index contributed by atoms with van der Waals surface area (Å²) in [5, 5.41) is 0. The van der Waals surface area contributed by atoms with Crippen LogP contribution in [0.1, 0.15) is 28.8 Å². The van der Waals surface area contributed by atoms with Crippen molar-refractivity contribution in [3.8, 4) is 0 Å². The van der Waals surface area contributed by atoms with Gasteiger partial charge in [0.05, 0.1) is 6.54 Å². The minimum Gasteiger partial charge on any atom is -0.334 e. The Bertz CT molecular complexity index is 850. The van der Waals surface area contributed by atoms with Gasteiger partial charge in [-0.15, -0.1) is 12.4 Å². The Kier molecular flexibility index (Phi) is 6.93. The zero-order valence-electron chi connectivity index (χ0n) is 16.8. The van der Waals surface area contributed by atoms with E-state index in [0.29, 0.717) is 12.5 Å². The largest absolute Gasteiger partial charge is 0.334 e. The summed E-state index contributed by atoms with van der Waals surface area (Å²) in [6, 6.07) is 17.7. The normalized spacial score (nSPS) is 17.0. The Balaban J connectivity index is 0.00000240. The standard InChI is InChI=1S/C23H27N3O2.ClH/c1-24(20-8-3-2-4-9-20)22(27)17-25-13-11-18(12-14-25)15-26-16-19-7-5-6-10-21(19)23(26)28;/h2-10,18H,11-17H2,1H3;1H. The molecule has 154 valence electrons. The summed E-state index contributed by atoms with van der Waals surface area (Å²) in [5.41, 5.74) is 2.92. The Hall–Kier alpha value is -2.37. The summed E-state index contributed by atoms with van der Waals surface area (Å²) in [4.78, 5) is 31.1. The number of amides is 2. The van der Waals surface area contributed by atoms with Gasteiger partial charge in [0.2, 0.25) is 5.91 Å². The van der Waals surface area contributed by atoms with Gasteiger partial charge in [-0.3, -0.25) is 14.5 Å². The number of likely N-dealkylation sites (tertiary alicyclic amines) is 1. The first-order chi connectivity index (χ1) is 13.6. The van der Waals surface area contributed by atoms with Gasteiger partial charge in [-0.2, -0.15) is 0 Å². The molecule has 0 bridgehead atoms. The monoisotopic (exact) mass is 413 g/mol. The van der Waals surface area contributed by atoms with Crippen molar-refractivity contribution in [1.29, 1.82) is 0 Å². The number of nitrogens with zero attached hydrogens (tertiary/aromatic N) is 3. The van der Waals surface area contributed by atoms with Gasteiger partial charge in [0.15, 0.2) is 0 Å². The minimum atomic E-state index is 0. The van der Waals surface area contributed by atoms with Crippen LogP contribution in [-0.4, -0.2) is 54.8 Å². The number of likely N-dealkylation sites (N-methyl/N-ethyl adjacent to an activating group) is 1. The molecule has 0 radical (unpaired) electrons. The second-order valence-corrected chi connectivity index (χ2v) is 7.85. The van der Waals surface area contributed by atoms with Crippen LogP contribution in [0.5, 0.6) is 0 Å². The molecule has 1 saturated heterocycles. The number of benzene rings is 2. The van der Waals surface area contributed by atoms with E-state index in [-0.39, 0.29) is 24.2 Å². The van der Waals surface area contributed by atoms with Crippen molar-refractivity contribution >= 4 is 29.9 Å². The highest BCUT2D eigenvalue weighted by Gasteiger charge is 2.30. The number of hydrogen-bond acceptors (Lipinski definition) is 3. The quantitative estimate of drug-likeness (QED) is 0.754. The van der Waals surface area contributed by atoms with Gasteiger partial charge in [-0.25, -0.2) is 0 Å². The van der Waals surface area contributed by atoms with Crippen molar-refractivity contribution in [3.05, 3.63) is 65.7 Å². The molecule has 2 aliphatic heterocycles. The molecular weight excluding hydrogens is 386 g/mol. The van der Waals surface area contributed by atoms with Crippen LogP contribution in [0, 0.1) is 5.92 Å². The number of carbonyl (C=O) groups excluding carboxylic acids is 2. The summed E-state index contributed by atoms with van der Waals surface area (Å²) in [6.07, 6.45) is 2.06. The van der Waals surface area contributed by atoms with Gasteiger partial charge in [0, 0.05) is 31.4 Å². The molecule has 5 nitrogen and oxygen atoms in total. The van der Waals surface area contributed by atoms with E-state index in [0.717, 1.165) is 55.8 Å². The van der Waals surface area contributed by atoms with Crippen molar-refractivity contribution in [2.75, 3.05) is 38.1 Å². The second-order valence-electron chi connectivity index (χ2n) is 7.85. The fourth-order valence-corrected chi connectivity index (χ4v) is 4.19. The zero-order valence-corrected chi connectivity index (χ0v) is 17.6. The zero-order chi connectivity index (χ0) is 19.5. The molecule has 0 aromatic heterocycles. The Morgan fingerprint density at radius 3 is 2.38 bits per heavy atom. The Labute approximate surface area is 178 Å². The molecule has 2 amide bonds. The van der Waals surface area contributed by atoms with Crippen molar-refractivity contribution < 1.29 is 9.59 Å². The number of piperidine rings is 1. The maximum atomic E-state index is 12.6. The summed E-state index contributed by atoms with van der Waals surface area (Å²) >= 11 is 0. The predicted molar refractivity (Wildman–Crippen MR) is 117 cm³/mol. The SMILES string of the molecule is CN(C(=O)CN1CCC(CN2Cc3ccccc3C2=O)CC1)c1ccccc1.Cl. The van der Waals surface area contributed by atoms with E-state index in [2.05, 4.69) is 4.90 Å². The molecule has 29 heavy (non-hydrogen) atoms. The third-order valence-electron chi connectivity index (χ3n) is 5.96. The van der Waals surface area contributed by atoms with Crippen LogP contribution >= 0.6 is 12.4 Å². The van der Waals surface area contributed by atoms with Crippen LogP contribution in [0.3, 0.4) is 0 Å². The molecule has 2 aromatic rings. The lowest BCUT2D eigenvalue weighted by Crippen LogP contribution is -2.44. The molecule has 0 unspecified atom stereocenters. The molecule has 6 heteroatoms. The Morgan fingerprint density at radius 2 is 1.69 bits per heavy atom. The molecule has 0 N–H and O–H groups in total. The van der Waals surface area contributed by atoms with Crippen molar-refractivity contribution in [3.63, 3.8) is 0 Å². The summed E-state index contributed by atoms with van der Waals surface area (Å²) in [6.45, 7) is 3.82. The minimum absolute atomic E-state index is 0. The fraction of sp³-hybridized carbons (Fsp3) is 0.391. The molecule has 2 aliphatic rings. The van der Waals surface area contributed by atoms with Crippen molar-refractivity contribution in [2.24, 2.45) is 5.92 Å². The first kappa shape index (κ1) is 21.3. The summed E-state index contributed by atoms with van der Waals surface area (Å²) in [5.74, 6) is 0.795. The number of rotatable bonds is 5. The van der Waals surface area contributed by atoms with Crippen LogP contribution in [-0.2, 0) is 11.3 Å². The first-order valence-electron chi connectivity index (χ1n) is 10.0. The molecule has 0 saturated carbocycles. The van der Waals surface area contributed by atoms with Gasteiger partial charge < -0.3 is 9.80 Å². The van der Waals surface area contributed by atoms with E-state index < -0.39 is 0 Å². The van der Waals surface area contributed by atoms with Crippen LogP contribution < -0.4 is 4.90 Å². The lowest BCUT2D eigenvalue weighted by Gasteiger charge is -2.34. The third-order valence-corrected chi connectivity index (χ3v) is 5.96. The highest BCUT2D eigenvalue weighted by Crippen LogP contribution is 2.26. The highest BCUT2D eigenvalue weighted by molar-refractivity contribution is 5.98. The molecule has 2 heterocycles. The summed E-state index contributed by atoms with van der Waals surface area (Å²) < 4.78 is 0. The number of carbonyl (C=O) groups is 2. The van der Waals surface area contributed by atoms with E-state index in [1.54, 1.807) is 4.90 Å². The van der Waals surface area contributed by atoms with Gasteiger partial charge in [0.25, 0.3) is 5.91 Å². The maximum Gasteiger partial charge on any atom is 0.254 e. The van der Waals surface area contributed by atoms with Gasteiger partial charge in [-0.05, 0) is 55.6 Å². The number of fused-ring (bicyclic) bond motifs is 1. The van der Waals surface area contributed by atoms with E-state index in [4.69, 9.17) is 0 Å². The van der Waals surface area contributed by atoms with Gasteiger partial charge >= 0.3 is 0 Å². The third kappa shape index (κ3) is 4.80. The van der Waals surface area contributed by atoms with Gasteiger partial charge in [-0.1, -0.05) is 36.4 Å². The lowest BCUT2D eigenvalue weighted by atomic mass is 9.96. The predicted octanol–water partition coefficient (Wildman–Crippen LogP) is 3.44. The van der Waals surface area contributed by atoms with Crippen LogP contribution in [0.2, 0.25) is 0 Å². The Morgan fingerprint density at radius 1 is 1.03 bits per heavy atom.